The number of esters is 1. The third kappa shape index (κ3) is 6.51. The van der Waals surface area contributed by atoms with E-state index in [0.29, 0.717) is 18.0 Å². The first-order valence-electron chi connectivity index (χ1n) is 9.15. The molecule has 2 aromatic heterocycles. The van der Waals surface area contributed by atoms with E-state index in [4.69, 9.17) is 16.3 Å². The normalized spacial score (nSPS) is 10.5. The number of nitrogens with one attached hydrogen (secondary N) is 3. The molecular formula is C20H18ClN3O5S2. The number of rotatable bonds is 8. The van der Waals surface area contributed by atoms with Crippen LogP contribution in [0.2, 0.25) is 5.02 Å². The van der Waals surface area contributed by atoms with Gasteiger partial charge in [-0.3, -0.25) is 19.7 Å². The molecule has 0 aliphatic heterocycles. The number of thiophene rings is 2. The molecule has 3 N–H and O–H groups in total. The molecule has 0 aliphatic rings. The number of halogens is 1. The fourth-order valence-corrected chi connectivity index (χ4v) is 4.69. The number of hydrogen-bond acceptors (Lipinski definition) is 7. The number of benzene rings is 1. The second kappa shape index (κ2) is 10.9. The topological polar surface area (TPSA) is 114 Å². The van der Waals surface area contributed by atoms with Crippen LogP contribution in [0.25, 0.3) is 10.1 Å². The summed E-state index contributed by atoms with van der Waals surface area (Å²) in [6.07, 6.45) is 0.651. The number of carbonyl (C=O) groups excluding carboxylic acids is 4. The van der Waals surface area contributed by atoms with Gasteiger partial charge in [0.05, 0.1) is 5.02 Å². The van der Waals surface area contributed by atoms with Crippen molar-refractivity contribution in [2.45, 2.75) is 6.42 Å². The Bertz CT molecular complexity index is 1100. The summed E-state index contributed by atoms with van der Waals surface area (Å²) in [7, 11) is 0. The fourth-order valence-electron chi connectivity index (χ4n) is 2.55. The van der Waals surface area contributed by atoms with Crippen molar-refractivity contribution in [3.8, 4) is 0 Å². The van der Waals surface area contributed by atoms with Gasteiger partial charge in [-0.15, -0.1) is 22.7 Å². The minimum absolute atomic E-state index is 0.285. The maximum atomic E-state index is 12.3. The first-order chi connectivity index (χ1) is 14.9. The van der Waals surface area contributed by atoms with Crippen molar-refractivity contribution in [1.29, 1.82) is 0 Å². The van der Waals surface area contributed by atoms with Gasteiger partial charge in [-0.1, -0.05) is 35.9 Å². The Morgan fingerprint density at radius 1 is 1.03 bits per heavy atom. The lowest BCUT2D eigenvalue weighted by molar-refractivity contribution is -0.147. The van der Waals surface area contributed by atoms with Crippen LogP contribution in [0.4, 0.5) is 4.79 Å². The predicted octanol–water partition coefficient (Wildman–Crippen LogP) is 2.96. The molecule has 3 rings (SSSR count). The highest BCUT2D eigenvalue weighted by Crippen LogP contribution is 2.34. The molecule has 1 aromatic carbocycles. The Labute approximate surface area is 190 Å². The van der Waals surface area contributed by atoms with Crippen molar-refractivity contribution < 1.29 is 23.9 Å². The summed E-state index contributed by atoms with van der Waals surface area (Å²) < 4.78 is 5.62. The van der Waals surface area contributed by atoms with Gasteiger partial charge in [0.2, 0.25) is 0 Å². The Morgan fingerprint density at radius 3 is 2.58 bits per heavy atom. The zero-order valence-electron chi connectivity index (χ0n) is 16.1. The molecule has 11 heteroatoms. The molecule has 3 aromatic rings. The molecule has 0 atom stereocenters. The first kappa shape index (κ1) is 22.7. The molecule has 4 amide bonds. The van der Waals surface area contributed by atoms with Gasteiger partial charge in [-0.2, -0.15) is 0 Å². The van der Waals surface area contributed by atoms with Gasteiger partial charge in [0.15, 0.2) is 6.61 Å². The number of carbonyl (C=O) groups is 4. The maximum absolute atomic E-state index is 12.3. The lowest BCUT2D eigenvalue weighted by Crippen LogP contribution is -2.42. The average molecular weight is 480 g/mol. The molecule has 8 nitrogen and oxygen atoms in total. The SMILES string of the molecule is O=C(COC(=O)CNC(=O)c1sc2ccccc2c1Cl)NC(=O)NCCc1cccs1. The number of ether oxygens (including phenoxy) is 1. The molecular weight excluding hydrogens is 462 g/mol. The van der Waals surface area contributed by atoms with E-state index in [1.807, 2.05) is 35.7 Å². The lowest BCUT2D eigenvalue weighted by atomic mass is 10.2. The van der Waals surface area contributed by atoms with Gasteiger partial charge >= 0.3 is 12.0 Å². The summed E-state index contributed by atoms with van der Waals surface area (Å²) in [6.45, 7) is -0.716. The van der Waals surface area contributed by atoms with Gasteiger partial charge < -0.3 is 15.4 Å². The van der Waals surface area contributed by atoms with E-state index in [9.17, 15) is 19.2 Å². The second-order valence-electron chi connectivity index (χ2n) is 6.22. The van der Waals surface area contributed by atoms with Crippen molar-refractivity contribution >= 4 is 68.2 Å². The van der Waals surface area contributed by atoms with Crippen LogP contribution in [0, 0.1) is 0 Å². The summed E-state index contributed by atoms with van der Waals surface area (Å²) in [6, 6.07) is 10.5. The molecule has 0 fully saturated rings. The van der Waals surface area contributed by atoms with Crippen LogP contribution in [0.1, 0.15) is 14.5 Å². The van der Waals surface area contributed by atoms with Gasteiger partial charge in [-0.25, -0.2) is 4.79 Å². The monoisotopic (exact) mass is 479 g/mol. The van der Waals surface area contributed by atoms with Crippen LogP contribution in [-0.4, -0.2) is 43.5 Å². The molecule has 31 heavy (non-hydrogen) atoms. The Balaban J connectivity index is 1.35. The Kier molecular flexibility index (Phi) is 7.99. The summed E-state index contributed by atoms with van der Waals surface area (Å²) in [5.41, 5.74) is 0. The average Bonchev–Trinajstić information content (AvgIpc) is 3.39. The van der Waals surface area contributed by atoms with Crippen molar-refractivity contribution in [3.05, 3.63) is 56.6 Å². The fraction of sp³-hybridized carbons (Fsp3) is 0.200. The van der Waals surface area contributed by atoms with Gasteiger partial charge in [0.25, 0.3) is 11.8 Å². The second-order valence-corrected chi connectivity index (χ2v) is 8.68. The van der Waals surface area contributed by atoms with E-state index in [2.05, 4.69) is 16.0 Å². The Hall–Kier alpha value is -2.95. The third-order valence-electron chi connectivity index (χ3n) is 3.99. The molecule has 162 valence electrons. The number of imide groups is 1. The van der Waals surface area contributed by atoms with Crippen LogP contribution in [0.5, 0.6) is 0 Å². The number of amides is 4. The molecule has 0 radical (unpaired) electrons. The molecule has 0 aliphatic carbocycles. The summed E-state index contributed by atoms with van der Waals surface area (Å²) in [5, 5.41) is 10.0. The number of fused-ring (bicyclic) bond motifs is 1. The van der Waals surface area contributed by atoms with E-state index in [0.717, 1.165) is 15.0 Å². The predicted molar refractivity (Wildman–Crippen MR) is 120 cm³/mol. The van der Waals surface area contributed by atoms with E-state index in [1.54, 1.807) is 17.4 Å². The summed E-state index contributed by atoms with van der Waals surface area (Å²) in [5.74, 6) is -2.11. The van der Waals surface area contributed by atoms with Crippen LogP contribution >= 0.6 is 34.3 Å². The van der Waals surface area contributed by atoms with Crippen molar-refractivity contribution in [2.75, 3.05) is 19.7 Å². The quantitative estimate of drug-likeness (QED) is 0.430. The molecule has 2 heterocycles. The summed E-state index contributed by atoms with van der Waals surface area (Å²) in [4.78, 5) is 48.8. The van der Waals surface area contributed by atoms with Gasteiger partial charge in [-0.05, 0) is 23.9 Å². The van der Waals surface area contributed by atoms with Crippen LogP contribution < -0.4 is 16.0 Å². The summed E-state index contributed by atoms with van der Waals surface area (Å²) >= 11 is 9.01. The number of urea groups is 1. The first-order valence-corrected chi connectivity index (χ1v) is 11.2. The smallest absolute Gasteiger partial charge is 0.325 e. The Morgan fingerprint density at radius 2 is 1.84 bits per heavy atom. The standard InChI is InChI=1S/C20H18ClN3O5S2/c21-17-13-5-1-2-6-14(13)31-18(17)19(27)23-10-16(26)29-11-15(25)24-20(28)22-8-7-12-4-3-9-30-12/h1-6,9H,7-8,10-11H2,(H,23,27)(H2,22,24,25,28). The van der Waals surface area contributed by atoms with E-state index < -0.39 is 37.0 Å². The van der Waals surface area contributed by atoms with Crippen LogP contribution in [-0.2, 0) is 20.7 Å². The molecule has 0 saturated heterocycles. The minimum Gasteiger partial charge on any atom is -0.454 e. The zero-order chi connectivity index (χ0) is 22.2. The van der Waals surface area contributed by atoms with E-state index in [1.165, 1.54) is 11.3 Å². The molecule has 0 unspecified atom stereocenters. The van der Waals surface area contributed by atoms with E-state index in [-0.39, 0.29) is 4.88 Å². The van der Waals surface area contributed by atoms with Gasteiger partial charge in [0.1, 0.15) is 11.4 Å². The van der Waals surface area contributed by atoms with Crippen molar-refractivity contribution in [2.24, 2.45) is 0 Å². The lowest BCUT2D eigenvalue weighted by Gasteiger charge is -2.08. The zero-order valence-corrected chi connectivity index (χ0v) is 18.5. The minimum atomic E-state index is -0.821. The van der Waals surface area contributed by atoms with Gasteiger partial charge in [0, 0.05) is 21.5 Å². The highest BCUT2D eigenvalue weighted by atomic mass is 35.5. The van der Waals surface area contributed by atoms with E-state index >= 15 is 0 Å². The molecule has 0 bridgehead atoms. The highest BCUT2D eigenvalue weighted by Gasteiger charge is 2.18. The van der Waals surface area contributed by atoms with Crippen molar-refractivity contribution in [3.63, 3.8) is 0 Å². The molecule has 0 spiro atoms. The van der Waals surface area contributed by atoms with Crippen molar-refractivity contribution in [1.82, 2.24) is 16.0 Å². The maximum Gasteiger partial charge on any atom is 0.325 e. The van der Waals surface area contributed by atoms with Crippen LogP contribution in [0.15, 0.2) is 41.8 Å². The van der Waals surface area contributed by atoms with Crippen LogP contribution in [0.3, 0.4) is 0 Å². The molecule has 0 saturated carbocycles. The third-order valence-corrected chi connectivity index (χ3v) is 6.60. The largest absolute Gasteiger partial charge is 0.454 e. The highest BCUT2D eigenvalue weighted by molar-refractivity contribution is 7.21. The number of hydrogen-bond donors (Lipinski definition) is 3.